The van der Waals surface area contributed by atoms with Crippen LogP contribution in [0.15, 0.2) is 29.6 Å². The van der Waals surface area contributed by atoms with Gasteiger partial charge in [-0.1, -0.05) is 29.4 Å². The molecule has 1 aromatic heterocycles. The molecular formula is C17H18ClN3O4S. The van der Waals surface area contributed by atoms with Crippen molar-refractivity contribution < 1.29 is 19.1 Å². The largest absolute Gasteiger partial charge is 0.495 e. The van der Waals surface area contributed by atoms with Crippen molar-refractivity contribution in [3.63, 3.8) is 0 Å². The van der Waals surface area contributed by atoms with Crippen LogP contribution in [0, 0.1) is 6.92 Å². The molecule has 0 saturated heterocycles. The number of rotatable bonds is 6. The van der Waals surface area contributed by atoms with Crippen LogP contribution in [0.1, 0.15) is 23.0 Å². The second-order valence-corrected chi connectivity index (χ2v) is 6.47. The number of aromatic nitrogens is 2. The lowest BCUT2D eigenvalue weighted by Gasteiger charge is -2.15. The van der Waals surface area contributed by atoms with Crippen molar-refractivity contribution >= 4 is 40.9 Å². The molecule has 9 heteroatoms. The molecule has 0 spiro atoms. The van der Waals surface area contributed by atoms with Crippen LogP contribution < -0.4 is 10.1 Å². The van der Waals surface area contributed by atoms with E-state index in [1.807, 2.05) is 13.0 Å². The minimum atomic E-state index is -1.06. The fourth-order valence-corrected chi connectivity index (χ4v) is 2.53. The van der Waals surface area contributed by atoms with Gasteiger partial charge >= 0.3 is 5.97 Å². The normalized spacial score (nSPS) is 11.6. The second kappa shape index (κ2) is 8.86. The topological polar surface area (TPSA) is 90.4 Å². The summed E-state index contributed by atoms with van der Waals surface area (Å²) in [4.78, 5) is 32.6. The molecule has 2 rings (SSSR count). The number of anilines is 1. The molecule has 1 atom stereocenters. The van der Waals surface area contributed by atoms with Crippen LogP contribution in [0.3, 0.4) is 0 Å². The molecule has 2 aromatic rings. The monoisotopic (exact) mass is 395 g/mol. The first-order valence-electron chi connectivity index (χ1n) is 7.58. The van der Waals surface area contributed by atoms with E-state index < -0.39 is 18.0 Å². The van der Waals surface area contributed by atoms with E-state index in [1.165, 1.54) is 32.0 Å². The third kappa shape index (κ3) is 4.86. The van der Waals surface area contributed by atoms with E-state index in [1.54, 1.807) is 18.4 Å². The van der Waals surface area contributed by atoms with E-state index in [4.69, 9.17) is 21.1 Å². The molecule has 0 radical (unpaired) electrons. The highest BCUT2D eigenvalue weighted by molar-refractivity contribution is 7.98. The van der Waals surface area contributed by atoms with Gasteiger partial charge in [-0.3, -0.25) is 4.79 Å². The first-order valence-corrected chi connectivity index (χ1v) is 9.19. The molecule has 0 bridgehead atoms. The molecule has 1 amide bonds. The van der Waals surface area contributed by atoms with Gasteiger partial charge in [0.05, 0.1) is 24.0 Å². The van der Waals surface area contributed by atoms with Crippen LogP contribution in [-0.4, -0.2) is 41.3 Å². The number of aryl methyl sites for hydroxylation is 1. The Labute approximate surface area is 160 Å². The van der Waals surface area contributed by atoms with Gasteiger partial charge in [-0.25, -0.2) is 14.8 Å². The summed E-state index contributed by atoms with van der Waals surface area (Å²) >= 11 is 7.21. The molecule has 138 valence electrons. The van der Waals surface area contributed by atoms with Gasteiger partial charge in [0.1, 0.15) is 5.75 Å². The summed E-state index contributed by atoms with van der Waals surface area (Å²) in [6.45, 7) is 3.35. The summed E-state index contributed by atoms with van der Waals surface area (Å²) in [6, 6.07) is 5.36. The van der Waals surface area contributed by atoms with Crippen LogP contribution >= 0.6 is 23.4 Å². The summed E-state index contributed by atoms with van der Waals surface area (Å²) in [5.74, 6) is -0.796. The lowest BCUT2D eigenvalue weighted by molar-refractivity contribution is -0.123. The van der Waals surface area contributed by atoms with E-state index in [0.29, 0.717) is 16.6 Å². The van der Waals surface area contributed by atoms with E-state index in [0.717, 1.165) is 5.56 Å². The number of methoxy groups -OCH3 is 1. The van der Waals surface area contributed by atoms with Gasteiger partial charge in [-0.15, -0.1) is 0 Å². The minimum Gasteiger partial charge on any atom is -0.495 e. The van der Waals surface area contributed by atoms with E-state index >= 15 is 0 Å². The summed E-state index contributed by atoms with van der Waals surface area (Å²) < 4.78 is 10.4. The Kier molecular flexibility index (Phi) is 6.82. The standard InChI is InChI=1S/C17H18ClN3O4S/c1-9-5-6-13(24-3)12(7-9)20-15(22)10(2)25-16(23)14-11(18)8-19-17(21-14)26-4/h5-8,10H,1-4H3,(H,20,22)/t10-/m0/s1. The molecule has 0 aliphatic heterocycles. The molecule has 7 nitrogen and oxygen atoms in total. The SMILES string of the molecule is COc1ccc(C)cc1NC(=O)[C@H](C)OC(=O)c1nc(SC)ncc1Cl. The Morgan fingerprint density at radius 3 is 2.73 bits per heavy atom. The van der Waals surface area contributed by atoms with Gasteiger partial charge in [0.25, 0.3) is 5.91 Å². The van der Waals surface area contributed by atoms with Gasteiger partial charge in [0, 0.05) is 0 Å². The highest BCUT2D eigenvalue weighted by Crippen LogP contribution is 2.25. The fourth-order valence-electron chi connectivity index (χ4n) is 2.02. The molecule has 1 aromatic carbocycles. The summed E-state index contributed by atoms with van der Waals surface area (Å²) in [5, 5.41) is 3.12. The van der Waals surface area contributed by atoms with E-state index in [2.05, 4.69) is 15.3 Å². The van der Waals surface area contributed by atoms with Crippen molar-refractivity contribution in [2.75, 3.05) is 18.7 Å². The molecule has 0 aliphatic carbocycles. The van der Waals surface area contributed by atoms with Crippen molar-refractivity contribution in [3.05, 3.63) is 40.7 Å². The quantitative estimate of drug-likeness (QED) is 0.455. The van der Waals surface area contributed by atoms with Crippen LogP contribution in [0.4, 0.5) is 5.69 Å². The van der Waals surface area contributed by atoms with Crippen LogP contribution in [-0.2, 0) is 9.53 Å². The third-order valence-corrected chi connectivity index (χ3v) is 4.20. The number of nitrogens with one attached hydrogen (secondary N) is 1. The highest BCUT2D eigenvalue weighted by atomic mass is 35.5. The lowest BCUT2D eigenvalue weighted by Crippen LogP contribution is -2.30. The van der Waals surface area contributed by atoms with Crippen molar-refractivity contribution in [1.29, 1.82) is 0 Å². The molecule has 1 heterocycles. The number of nitrogens with zero attached hydrogens (tertiary/aromatic N) is 2. The van der Waals surface area contributed by atoms with Gasteiger partial charge < -0.3 is 14.8 Å². The average molecular weight is 396 g/mol. The van der Waals surface area contributed by atoms with E-state index in [-0.39, 0.29) is 10.7 Å². The number of hydrogen-bond donors (Lipinski definition) is 1. The van der Waals surface area contributed by atoms with Crippen molar-refractivity contribution in [1.82, 2.24) is 9.97 Å². The number of hydrogen-bond acceptors (Lipinski definition) is 7. The zero-order valence-corrected chi connectivity index (χ0v) is 16.3. The first kappa shape index (κ1) is 20.0. The number of thioether (sulfide) groups is 1. The number of esters is 1. The maximum atomic E-state index is 12.4. The summed E-state index contributed by atoms with van der Waals surface area (Å²) in [5.41, 5.74) is 1.35. The maximum absolute atomic E-state index is 12.4. The number of halogens is 1. The molecular weight excluding hydrogens is 378 g/mol. The number of amides is 1. The Morgan fingerprint density at radius 2 is 2.08 bits per heavy atom. The maximum Gasteiger partial charge on any atom is 0.359 e. The Balaban J connectivity index is 2.10. The predicted molar refractivity (Wildman–Crippen MR) is 100 cm³/mol. The molecule has 0 fully saturated rings. The summed E-state index contributed by atoms with van der Waals surface area (Å²) in [6.07, 6.45) is 2.03. The molecule has 0 unspecified atom stereocenters. The number of carbonyl (C=O) groups is 2. The zero-order chi connectivity index (χ0) is 19.3. The molecule has 26 heavy (non-hydrogen) atoms. The summed E-state index contributed by atoms with van der Waals surface area (Å²) in [7, 11) is 1.50. The van der Waals surface area contributed by atoms with Crippen molar-refractivity contribution in [2.24, 2.45) is 0 Å². The van der Waals surface area contributed by atoms with Crippen LogP contribution in [0.2, 0.25) is 5.02 Å². The predicted octanol–water partition coefficient (Wildman–Crippen LogP) is 3.35. The first-order chi connectivity index (χ1) is 12.3. The van der Waals surface area contributed by atoms with Gasteiger partial charge in [0.15, 0.2) is 17.0 Å². The average Bonchev–Trinajstić information content (AvgIpc) is 2.62. The van der Waals surface area contributed by atoms with Crippen LogP contribution in [0.25, 0.3) is 0 Å². The van der Waals surface area contributed by atoms with Crippen molar-refractivity contribution in [2.45, 2.75) is 25.1 Å². The lowest BCUT2D eigenvalue weighted by atomic mass is 10.2. The van der Waals surface area contributed by atoms with Crippen molar-refractivity contribution in [3.8, 4) is 5.75 Å². The molecule has 1 N–H and O–H groups in total. The number of carbonyl (C=O) groups excluding carboxylic acids is 2. The number of ether oxygens (including phenoxy) is 2. The third-order valence-electron chi connectivity index (χ3n) is 3.36. The highest BCUT2D eigenvalue weighted by Gasteiger charge is 2.23. The number of benzene rings is 1. The Hall–Kier alpha value is -2.32. The molecule has 0 aliphatic rings. The smallest absolute Gasteiger partial charge is 0.359 e. The van der Waals surface area contributed by atoms with E-state index in [9.17, 15) is 9.59 Å². The second-order valence-electron chi connectivity index (χ2n) is 5.29. The zero-order valence-electron chi connectivity index (χ0n) is 14.7. The van der Waals surface area contributed by atoms with Gasteiger partial charge in [-0.05, 0) is 37.8 Å². The fraction of sp³-hybridized carbons (Fsp3) is 0.294. The van der Waals surface area contributed by atoms with Gasteiger partial charge in [-0.2, -0.15) is 0 Å². The minimum absolute atomic E-state index is 0.0563. The Bertz CT molecular complexity index is 832. The van der Waals surface area contributed by atoms with Gasteiger partial charge in [0.2, 0.25) is 0 Å². The van der Waals surface area contributed by atoms with Crippen LogP contribution in [0.5, 0.6) is 5.75 Å². The molecule has 0 saturated carbocycles. The Morgan fingerprint density at radius 1 is 1.35 bits per heavy atom.